The molecule has 1 aromatic rings. The molecule has 1 aliphatic heterocycles. The fourth-order valence-corrected chi connectivity index (χ4v) is 2.63. The van der Waals surface area contributed by atoms with Crippen LogP contribution >= 0.6 is 11.6 Å². The number of aliphatic carboxylic acids is 1. The zero-order chi connectivity index (χ0) is 12.9. The number of hydrogen-bond acceptors (Lipinski definition) is 2. The van der Waals surface area contributed by atoms with E-state index in [1.54, 1.807) is 17.0 Å². The molecule has 18 heavy (non-hydrogen) atoms. The van der Waals surface area contributed by atoms with Gasteiger partial charge in [0.25, 0.3) is 0 Å². The molecule has 0 unspecified atom stereocenters. The van der Waals surface area contributed by atoms with Gasteiger partial charge in [-0.2, -0.15) is 0 Å². The summed E-state index contributed by atoms with van der Waals surface area (Å²) in [7, 11) is 0. The first-order valence-corrected chi connectivity index (χ1v) is 6.26. The Morgan fingerprint density at radius 1 is 1.33 bits per heavy atom. The zero-order valence-electron chi connectivity index (χ0n) is 9.65. The minimum atomic E-state index is -1.18. The number of carboxylic acid groups (broad SMARTS) is 1. The van der Waals surface area contributed by atoms with E-state index in [0.29, 0.717) is 24.4 Å². The number of benzene rings is 1. The van der Waals surface area contributed by atoms with Crippen LogP contribution in [0.5, 0.6) is 0 Å². The molecule has 3 rings (SSSR count). The summed E-state index contributed by atoms with van der Waals surface area (Å²) in [5.41, 5.74) is 0.637. The lowest BCUT2D eigenvalue weighted by atomic mass is 10.1. The fourth-order valence-electron chi connectivity index (χ4n) is 2.47. The van der Waals surface area contributed by atoms with Crippen molar-refractivity contribution in [2.45, 2.75) is 19.3 Å². The first-order chi connectivity index (χ1) is 8.54. The lowest BCUT2D eigenvalue weighted by Crippen LogP contribution is -2.40. The molecule has 94 valence electrons. The summed E-state index contributed by atoms with van der Waals surface area (Å²) in [4.78, 5) is 25.1. The zero-order valence-corrected chi connectivity index (χ0v) is 10.4. The van der Waals surface area contributed by atoms with Crippen molar-refractivity contribution in [3.8, 4) is 0 Å². The van der Waals surface area contributed by atoms with Crippen LogP contribution in [-0.2, 0) is 16.0 Å². The van der Waals surface area contributed by atoms with Crippen LogP contribution in [0.2, 0.25) is 5.02 Å². The van der Waals surface area contributed by atoms with E-state index in [0.717, 1.165) is 17.7 Å². The number of rotatable bonds is 2. The van der Waals surface area contributed by atoms with Gasteiger partial charge in [-0.25, -0.2) is 0 Å². The Morgan fingerprint density at radius 2 is 2.06 bits per heavy atom. The summed E-state index contributed by atoms with van der Waals surface area (Å²) in [6.07, 6.45) is 1.63. The Bertz CT molecular complexity index is 551. The van der Waals surface area contributed by atoms with E-state index in [-0.39, 0.29) is 5.91 Å². The van der Waals surface area contributed by atoms with Crippen LogP contribution in [0, 0.1) is 5.41 Å². The largest absolute Gasteiger partial charge is 0.480 e. The quantitative estimate of drug-likeness (QED) is 0.833. The van der Waals surface area contributed by atoms with E-state index in [1.807, 2.05) is 6.07 Å². The second-order valence-electron chi connectivity index (χ2n) is 4.87. The summed E-state index contributed by atoms with van der Waals surface area (Å²) in [6.45, 7) is 0.545. The van der Waals surface area contributed by atoms with E-state index in [2.05, 4.69) is 0 Å². The van der Waals surface area contributed by atoms with E-state index in [1.165, 1.54) is 0 Å². The highest BCUT2D eigenvalue weighted by Gasteiger charge is 2.59. The maximum Gasteiger partial charge on any atom is 0.319 e. The van der Waals surface area contributed by atoms with Gasteiger partial charge < -0.3 is 10.0 Å². The maximum absolute atomic E-state index is 12.3. The number of fused-ring (bicyclic) bond motifs is 1. The third-order valence-corrected chi connectivity index (χ3v) is 3.99. The van der Waals surface area contributed by atoms with Gasteiger partial charge in [-0.1, -0.05) is 17.7 Å². The Balaban J connectivity index is 1.95. The highest BCUT2D eigenvalue weighted by molar-refractivity contribution is 6.31. The Labute approximate surface area is 109 Å². The molecule has 0 bridgehead atoms. The molecule has 0 aromatic heterocycles. The molecular formula is C13H12ClNO3. The van der Waals surface area contributed by atoms with Crippen molar-refractivity contribution in [1.29, 1.82) is 0 Å². The number of carbonyl (C=O) groups is 2. The van der Waals surface area contributed by atoms with Crippen molar-refractivity contribution < 1.29 is 14.7 Å². The third-order valence-electron chi connectivity index (χ3n) is 3.76. The Morgan fingerprint density at radius 3 is 2.67 bits per heavy atom. The number of carbonyl (C=O) groups excluding carboxylic acids is 1. The molecule has 1 N–H and O–H groups in total. The summed E-state index contributed by atoms with van der Waals surface area (Å²) in [5, 5.41) is 9.73. The topological polar surface area (TPSA) is 57.6 Å². The van der Waals surface area contributed by atoms with Crippen molar-refractivity contribution in [2.24, 2.45) is 5.41 Å². The van der Waals surface area contributed by atoms with Gasteiger partial charge in [-0.15, -0.1) is 0 Å². The van der Waals surface area contributed by atoms with Gasteiger partial charge in [-0.05, 0) is 37.0 Å². The van der Waals surface area contributed by atoms with Gasteiger partial charge in [0, 0.05) is 17.3 Å². The van der Waals surface area contributed by atoms with E-state index in [4.69, 9.17) is 16.7 Å². The molecule has 0 spiro atoms. The first-order valence-electron chi connectivity index (χ1n) is 5.88. The minimum absolute atomic E-state index is 0.295. The minimum Gasteiger partial charge on any atom is -0.480 e. The first kappa shape index (κ1) is 11.5. The summed E-state index contributed by atoms with van der Waals surface area (Å²) in [5.74, 6) is -1.31. The van der Waals surface area contributed by atoms with Gasteiger partial charge >= 0.3 is 5.97 Å². The summed E-state index contributed by atoms with van der Waals surface area (Å²) < 4.78 is 0. The van der Waals surface area contributed by atoms with E-state index >= 15 is 0 Å². The molecule has 1 fully saturated rings. The van der Waals surface area contributed by atoms with Gasteiger partial charge in [0.1, 0.15) is 5.41 Å². The fraction of sp³-hybridized carbons (Fsp3) is 0.385. The molecule has 0 atom stereocenters. The van der Waals surface area contributed by atoms with Crippen LogP contribution in [0.1, 0.15) is 18.4 Å². The molecule has 0 saturated heterocycles. The average Bonchev–Trinajstić information content (AvgIpc) is 3.04. The van der Waals surface area contributed by atoms with Gasteiger partial charge in [0.2, 0.25) is 5.91 Å². The predicted molar refractivity (Wildman–Crippen MR) is 66.8 cm³/mol. The van der Waals surface area contributed by atoms with Gasteiger partial charge in [0.15, 0.2) is 0 Å². The molecule has 5 heteroatoms. The van der Waals surface area contributed by atoms with Crippen molar-refractivity contribution in [3.05, 3.63) is 28.8 Å². The molecule has 4 nitrogen and oxygen atoms in total. The highest BCUT2D eigenvalue weighted by Crippen LogP contribution is 2.49. The molecule has 1 heterocycles. The Kier molecular flexibility index (Phi) is 2.38. The van der Waals surface area contributed by atoms with Crippen molar-refractivity contribution in [1.82, 2.24) is 0 Å². The van der Waals surface area contributed by atoms with Crippen molar-refractivity contribution in [3.63, 3.8) is 0 Å². The van der Waals surface area contributed by atoms with Crippen LogP contribution in [0.25, 0.3) is 0 Å². The standard InChI is InChI=1S/C13H12ClNO3/c14-9-2-1-8-3-6-15(10(8)7-9)11(16)13(4-5-13)12(17)18/h1-2,7H,3-6H2,(H,17,18). The monoisotopic (exact) mass is 265 g/mol. The second kappa shape index (κ2) is 3.72. The number of anilines is 1. The van der Waals surface area contributed by atoms with Crippen LogP contribution in [0.3, 0.4) is 0 Å². The van der Waals surface area contributed by atoms with Crippen molar-refractivity contribution in [2.75, 3.05) is 11.4 Å². The molecule has 1 amide bonds. The summed E-state index contributed by atoms with van der Waals surface area (Å²) in [6, 6.07) is 5.42. The Hall–Kier alpha value is -1.55. The van der Waals surface area contributed by atoms with Crippen LogP contribution < -0.4 is 4.90 Å². The summed E-state index contributed by atoms with van der Waals surface area (Å²) >= 11 is 5.93. The van der Waals surface area contributed by atoms with Crippen molar-refractivity contribution >= 4 is 29.2 Å². The number of halogens is 1. The normalized spacial score (nSPS) is 19.5. The molecule has 1 saturated carbocycles. The third kappa shape index (κ3) is 1.52. The number of nitrogens with zero attached hydrogens (tertiary/aromatic N) is 1. The van der Waals surface area contributed by atoms with Crippen LogP contribution in [-0.4, -0.2) is 23.5 Å². The average molecular weight is 266 g/mol. The lowest BCUT2D eigenvalue weighted by Gasteiger charge is -2.21. The number of carboxylic acids is 1. The molecule has 0 radical (unpaired) electrons. The van der Waals surface area contributed by atoms with E-state index < -0.39 is 11.4 Å². The van der Waals surface area contributed by atoms with E-state index in [9.17, 15) is 9.59 Å². The molecule has 1 aromatic carbocycles. The second-order valence-corrected chi connectivity index (χ2v) is 5.30. The maximum atomic E-state index is 12.3. The van der Waals surface area contributed by atoms with Gasteiger partial charge in [0.05, 0.1) is 0 Å². The lowest BCUT2D eigenvalue weighted by molar-refractivity contribution is -0.148. The smallest absolute Gasteiger partial charge is 0.319 e. The number of amides is 1. The van der Waals surface area contributed by atoms with Gasteiger partial charge in [-0.3, -0.25) is 9.59 Å². The predicted octanol–water partition coefficient (Wildman–Crippen LogP) is 2.09. The number of hydrogen-bond donors (Lipinski definition) is 1. The van der Waals surface area contributed by atoms with Crippen LogP contribution in [0.4, 0.5) is 5.69 Å². The molecular weight excluding hydrogens is 254 g/mol. The SMILES string of the molecule is O=C(O)C1(C(=O)N2CCc3ccc(Cl)cc32)CC1. The molecule has 2 aliphatic rings. The highest BCUT2D eigenvalue weighted by atomic mass is 35.5. The van der Waals surface area contributed by atoms with Crippen LogP contribution in [0.15, 0.2) is 18.2 Å². The molecule has 1 aliphatic carbocycles.